The molecule has 5 rings (SSSR count). The topological polar surface area (TPSA) is 130 Å². The second kappa shape index (κ2) is 10.1. The minimum atomic E-state index is -4.03. The molecule has 1 N–H and O–H groups in total. The maximum atomic E-state index is 13.5. The number of nitrogens with one attached hydrogen (secondary N) is 1. The number of aryl methyl sites for hydroxylation is 2. The van der Waals surface area contributed by atoms with Crippen molar-refractivity contribution < 1.29 is 17.9 Å². The number of aromatic nitrogens is 4. The van der Waals surface area contributed by atoms with E-state index in [1.54, 1.807) is 36.1 Å². The van der Waals surface area contributed by atoms with Crippen LogP contribution in [0.1, 0.15) is 30.9 Å². The summed E-state index contributed by atoms with van der Waals surface area (Å²) in [5.41, 5.74) is 2.24. The van der Waals surface area contributed by atoms with Gasteiger partial charge in [0.15, 0.2) is 5.65 Å². The molecule has 1 aliphatic heterocycles. The van der Waals surface area contributed by atoms with Crippen LogP contribution in [0.2, 0.25) is 0 Å². The van der Waals surface area contributed by atoms with Gasteiger partial charge in [0.1, 0.15) is 0 Å². The molecule has 0 atom stereocenters. The highest BCUT2D eigenvalue weighted by Gasteiger charge is 2.28. The molecule has 0 spiro atoms. The first kappa shape index (κ1) is 25.7. The van der Waals surface area contributed by atoms with Gasteiger partial charge in [-0.3, -0.25) is 4.79 Å². The minimum Gasteiger partial charge on any atom is -0.449 e. The first-order valence-electron chi connectivity index (χ1n) is 12.6. The van der Waals surface area contributed by atoms with Crippen molar-refractivity contribution in [3.8, 4) is 0 Å². The lowest BCUT2D eigenvalue weighted by molar-refractivity contribution is 0.0989. The van der Waals surface area contributed by atoms with Gasteiger partial charge in [0.2, 0.25) is 14.9 Å². The van der Waals surface area contributed by atoms with Crippen LogP contribution in [-0.2, 0) is 14.6 Å². The van der Waals surface area contributed by atoms with E-state index < -0.39 is 15.4 Å². The molecule has 2 aromatic heterocycles. The molecule has 0 bridgehead atoms. The van der Waals surface area contributed by atoms with E-state index in [4.69, 9.17) is 4.74 Å². The number of nitrogens with zero attached hydrogens (tertiary/aromatic N) is 5. The standard InChI is InChI=1S/C26H30N6O5S/c1-4-5-14-37-26(34)31-12-10-30(11-13-31)19-7-8-20-21(16-19)32-23(27-24(20)33)25(28-29-32)38(35,36)22-9-6-17(2)15-18(22)3/h6-9,15-16,29H,4-5,10-14H2,1-3H3. The zero-order valence-corrected chi connectivity index (χ0v) is 22.4. The number of amides is 1. The van der Waals surface area contributed by atoms with E-state index in [0.717, 1.165) is 24.1 Å². The van der Waals surface area contributed by atoms with E-state index in [-0.39, 0.29) is 21.7 Å². The molecule has 0 unspecified atom stereocenters. The average molecular weight is 539 g/mol. The van der Waals surface area contributed by atoms with Gasteiger partial charge in [-0.05, 0) is 50.1 Å². The van der Waals surface area contributed by atoms with Crippen molar-refractivity contribution in [1.82, 2.24) is 24.7 Å². The summed E-state index contributed by atoms with van der Waals surface area (Å²) in [6.45, 7) is 8.28. The SMILES string of the molecule is CCCCOC(=O)N1CCN(c2ccc3c(=O)nc4c(S(=O)(=O)c5ccc(C)cc5C)n[nH]n4c3c2)CC1. The molecule has 1 fully saturated rings. The number of hydrogen-bond donors (Lipinski definition) is 1. The van der Waals surface area contributed by atoms with Crippen LogP contribution in [0.4, 0.5) is 10.5 Å². The predicted octanol–water partition coefficient (Wildman–Crippen LogP) is 3.08. The number of unbranched alkanes of at least 4 members (excludes halogenated alkanes) is 1. The number of hydrogen-bond acceptors (Lipinski definition) is 8. The number of anilines is 1. The number of aromatic amines is 1. The second-order valence-corrected chi connectivity index (χ2v) is 11.3. The Morgan fingerprint density at radius 3 is 2.55 bits per heavy atom. The molecule has 1 aliphatic rings. The van der Waals surface area contributed by atoms with E-state index in [9.17, 15) is 18.0 Å². The summed E-state index contributed by atoms with van der Waals surface area (Å²) >= 11 is 0. The van der Waals surface area contributed by atoms with E-state index in [2.05, 4.69) is 20.2 Å². The average Bonchev–Trinajstić information content (AvgIpc) is 3.33. The van der Waals surface area contributed by atoms with Gasteiger partial charge >= 0.3 is 6.09 Å². The molecule has 1 amide bonds. The maximum Gasteiger partial charge on any atom is 0.409 e. The van der Waals surface area contributed by atoms with Gasteiger partial charge in [-0.15, -0.1) is 5.10 Å². The quantitative estimate of drug-likeness (QED) is 0.371. The van der Waals surface area contributed by atoms with E-state index >= 15 is 0 Å². The summed E-state index contributed by atoms with van der Waals surface area (Å²) in [4.78, 5) is 33.2. The Morgan fingerprint density at radius 1 is 1.08 bits per heavy atom. The van der Waals surface area contributed by atoms with Gasteiger partial charge in [0.05, 0.1) is 22.4 Å². The van der Waals surface area contributed by atoms with E-state index in [0.29, 0.717) is 49.3 Å². The molecule has 0 radical (unpaired) electrons. The van der Waals surface area contributed by atoms with Crippen molar-refractivity contribution in [2.75, 3.05) is 37.7 Å². The Bertz CT molecular complexity index is 1690. The minimum absolute atomic E-state index is 0.0562. The lowest BCUT2D eigenvalue weighted by Gasteiger charge is -2.35. The van der Waals surface area contributed by atoms with Gasteiger partial charge in [-0.2, -0.15) is 4.98 Å². The number of carbonyl (C=O) groups excluding carboxylic acids is 1. The monoisotopic (exact) mass is 538 g/mol. The molecule has 3 heterocycles. The highest BCUT2D eigenvalue weighted by atomic mass is 32.2. The first-order chi connectivity index (χ1) is 18.2. The number of piperazine rings is 1. The van der Waals surface area contributed by atoms with Gasteiger partial charge in [-0.1, -0.05) is 31.0 Å². The van der Waals surface area contributed by atoms with Crippen molar-refractivity contribution in [3.05, 3.63) is 57.9 Å². The number of fused-ring (bicyclic) bond motifs is 3. The first-order valence-corrected chi connectivity index (χ1v) is 14.1. The largest absolute Gasteiger partial charge is 0.449 e. The van der Waals surface area contributed by atoms with Crippen LogP contribution in [0, 0.1) is 13.8 Å². The summed E-state index contributed by atoms with van der Waals surface area (Å²) in [6, 6.07) is 10.4. The van der Waals surface area contributed by atoms with Crippen LogP contribution < -0.4 is 10.5 Å². The molecule has 200 valence electrons. The number of ether oxygens (including phenoxy) is 1. The molecule has 11 nitrogen and oxygen atoms in total. The molecule has 12 heteroatoms. The van der Waals surface area contributed by atoms with E-state index in [1.807, 2.05) is 26.0 Å². The molecule has 0 saturated carbocycles. The molecule has 38 heavy (non-hydrogen) atoms. The fourth-order valence-electron chi connectivity index (χ4n) is 4.72. The fraction of sp³-hybridized carbons (Fsp3) is 0.385. The summed E-state index contributed by atoms with van der Waals surface area (Å²) in [5, 5.41) is 6.85. The number of rotatable bonds is 6. The van der Waals surface area contributed by atoms with Crippen LogP contribution >= 0.6 is 0 Å². The Balaban J connectivity index is 1.47. The Morgan fingerprint density at radius 2 is 1.84 bits per heavy atom. The van der Waals surface area contributed by atoms with Crippen molar-refractivity contribution in [2.45, 2.75) is 43.5 Å². The highest BCUT2D eigenvalue weighted by molar-refractivity contribution is 7.91. The molecule has 1 saturated heterocycles. The van der Waals surface area contributed by atoms with Gasteiger partial charge in [0, 0.05) is 31.9 Å². The summed E-state index contributed by atoms with van der Waals surface area (Å²) in [7, 11) is -4.03. The van der Waals surface area contributed by atoms with Crippen LogP contribution in [-0.4, -0.2) is 72.0 Å². The number of H-pyrrole nitrogens is 1. The van der Waals surface area contributed by atoms with Crippen LogP contribution in [0.3, 0.4) is 0 Å². The lowest BCUT2D eigenvalue weighted by atomic mass is 10.2. The van der Waals surface area contributed by atoms with Gasteiger partial charge in [0.25, 0.3) is 5.56 Å². The number of sulfone groups is 1. The van der Waals surface area contributed by atoms with Crippen molar-refractivity contribution in [1.29, 1.82) is 0 Å². The number of benzene rings is 2. The molecule has 0 aliphatic carbocycles. The third-order valence-corrected chi connectivity index (χ3v) is 8.64. The Hall–Kier alpha value is -3.93. The third-order valence-electron chi connectivity index (χ3n) is 6.82. The Labute approximate surface area is 219 Å². The lowest BCUT2D eigenvalue weighted by Crippen LogP contribution is -2.49. The van der Waals surface area contributed by atoms with Gasteiger partial charge in [-0.25, -0.2) is 22.9 Å². The summed E-state index contributed by atoms with van der Waals surface area (Å²) < 4.78 is 33.7. The normalized spacial score (nSPS) is 14.4. The predicted molar refractivity (Wildman–Crippen MR) is 143 cm³/mol. The maximum absolute atomic E-state index is 13.5. The fourth-order valence-corrected chi connectivity index (χ4v) is 6.20. The van der Waals surface area contributed by atoms with Crippen molar-refractivity contribution >= 4 is 38.2 Å². The zero-order chi connectivity index (χ0) is 27.0. The molecular weight excluding hydrogens is 508 g/mol. The number of carbonyl (C=O) groups is 1. The zero-order valence-electron chi connectivity index (χ0n) is 21.6. The molecular formula is C26H30N6O5S. The van der Waals surface area contributed by atoms with Crippen LogP contribution in [0.25, 0.3) is 16.6 Å². The summed E-state index contributed by atoms with van der Waals surface area (Å²) in [6.07, 6.45) is 1.50. The smallest absolute Gasteiger partial charge is 0.409 e. The second-order valence-electron chi connectivity index (χ2n) is 9.51. The van der Waals surface area contributed by atoms with Crippen molar-refractivity contribution in [3.63, 3.8) is 0 Å². The third kappa shape index (κ3) is 4.60. The highest BCUT2D eigenvalue weighted by Crippen LogP contribution is 2.27. The summed E-state index contributed by atoms with van der Waals surface area (Å²) in [5.74, 6) is 0. The Kier molecular flexibility index (Phi) is 6.82. The molecule has 2 aromatic carbocycles. The van der Waals surface area contributed by atoms with E-state index in [1.165, 1.54) is 4.52 Å². The molecule has 4 aromatic rings. The van der Waals surface area contributed by atoms with Crippen LogP contribution in [0.5, 0.6) is 0 Å². The van der Waals surface area contributed by atoms with Crippen LogP contribution in [0.15, 0.2) is 51.1 Å². The van der Waals surface area contributed by atoms with Crippen molar-refractivity contribution in [2.24, 2.45) is 0 Å². The van der Waals surface area contributed by atoms with Gasteiger partial charge < -0.3 is 14.5 Å².